The molecule has 0 aliphatic heterocycles. The summed E-state index contributed by atoms with van der Waals surface area (Å²) < 4.78 is 0. The Morgan fingerprint density at radius 2 is 2.07 bits per heavy atom. The van der Waals surface area contributed by atoms with Crippen LogP contribution in [0, 0.1) is 0 Å². The molecule has 5 heteroatoms. The number of benzene rings is 1. The maximum Gasteiger partial charge on any atom is 0.153 e. The van der Waals surface area contributed by atoms with Gasteiger partial charge in [-0.3, -0.25) is 9.89 Å². The minimum Gasteiger partial charge on any atom is -0.298 e. The summed E-state index contributed by atoms with van der Waals surface area (Å²) in [6.07, 6.45) is 2.20. The van der Waals surface area contributed by atoms with Crippen molar-refractivity contribution in [1.82, 2.24) is 10.2 Å². The quantitative estimate of drug-likeness (QED) is 0.820. The van der Waals surface area contributed by atoms with Crippen LogP contribution in [0.4, 0.5) is 0 Å². The highest BCUT2D eigenvalue weighted by atomic mass is 35.5. The number of carbonyl (C=O) groups is 1. The first kappa shape index (κ1) is 10.2. The fourth-order valence-corrected chi connectivity index (χ4v) is 1.57. The van der Waals surface area contributed by atoms with Gasteiger partial charge >= 0.3 is 0 Å². The average molecular weight is 241 g/mol. The van der Waals surface area contributed by atoms with E-state index in [1.165, 1.54) is 6.20 Å². The second kappa shape index (κ2) is 4.04. The van der Waals surface area contributed by atoms with Crippen LogP contribution < -0.4 is 0 Å². The molecular weight excluding hydrogens is 235 g/mol. The summed E-state index contributed by atoms with van der Waals surface area (Å²) in [5, 5.41) is 7.45. The second-order valence-corrected chi connectivity index (χ2v) is 3.76. The molecule has 15 heavy (non-hydrogen) atoms. The number of aromatic amines is 1. The largest absolute Gasteiger partial charge is 0.298 e. The van der Waals surface area contributed by atoms with Gasteiger partial charge in [0, 0.05) is 5.56 Å². The molecule has 0 radical (unpaired) electrons. The first-order valence-corrected chi connectivity index (χ1v) is 4.92. The number of H-pyrrole nitrogens is 1. The van der Waals surface area contributed by atoms with Gasteiger partial charge in [-0.05, 0) is 12.1 Å². The van der Waals surface area contributed by atoms with Crippen LogP contribution in [-0.2, 0) is 0 Å². The number of nitrogens with zero attached hydrogens (tertiary/aromatic N) is 1. The van der Waals surface area contributed by atoms with Crippen molar-refractivity contribution in [3.05, 3.63) is 40.0 Å². The second-order valence-electron chi connectivity index (χ2n) is 2.95. The lowest BCUT2D eigenvalue weighted by atomic mass is 10.1. The maximum absolute atomic E-state index is 10.7. The first-order valence-electron chi connectivity index (χ1n) is 4.16. The highest BCUT2D eigenvalue weighted by Gasteiger charge is 2.08. The molecule has 1 heterocycles. The van der Waals surface area contributed by atoms with Crippen molar-refractivity contribution in [2.75, 3.05) is 0 Å². The molecule has 1 aromatic carbocycles. The van der Waals surface area contributed by atoms with Gasteiger partial charge < -0.3 is 0 Å². The highest BCUT2D eigenvalue weighted by Crippen LogP contribution is 2.28. The molecule has 3 nitrogen and oxygen atoms in total. The highest BCUT2D eigenvalue weighted by molar-refractivity contribution is 6.42. The van der Waals surface area contributed by atoms with Crippen LogP contribution >= 0.6 is 23.2 Å². The number of halogens is 2. The molecule has 2 rings (SSSR count). The van der Waals surface area contributed by atoms with Gasteiger partial charge in [0.05, 0.1) is 27.5 Å². The molecule has 0 unspecified atom stereocenters. The Labute approximate surface area is 96.0 Å². The molecule has 2 aromatic rings. The molecule has 0 saturated heterocycles. The van der Waals surface area contributed by atoms with E-state index in [9.17, 15) is 4.79 Å². The summed E-state index contributed by atoms with van der Waals surface area (Å²) in [4.78, 5) is 10.7. The summed E-state index contributed by atoms with van der Waals surface area (Å²) in [7, 11) is 0. The molecule has 1 aromatic heterocycles. The Hall–Kier alpha value is -1.32. The van der Waals surface area contributed by atoms with E-state index in [1.807, 2.05) is 0 Å². The summed E-state index contributed by atoms with van der Waals surface area (Å²) in [6, 6.07) is 5.13. The number of rotatable bonds is 2. The van der Waals surface area contributed by atoms with E-state index in [-0.39, 0.29) is 0 Å². The Morgan fingerprint density at radius 3 is 2.73 bits per heavy atom. The van der Waals surface area contributed by atoms with Gasteiger partial charge in [0.15, 0.2) is 6.29 Å². The predicted octanol–water partition coefficient (Wildman–Crippen LogP) is 3.20. The van der Waals surface area contributed by atoms with Crippen molar-refractivity contribution < 1.29 is 4.79 Å². The van der Waals surface area contributed by atoms with Gasteiger partial charge in [-0.1, -0.05) is 29.3 Å². The van der Waals surface area contributed by atoms with Gasteiger partial charge in [0.2, 0.25) is 0 Å². The molecule has 0 aliphatic rings. The van der Waals surface area contributed by atoms with Crippen LogP contribution in [0.25, 0.3) is 11.3 Å². The van der Waals surface area contributed by atoms with E-state index in [0.29, 0.717) is 21.3 Å². The van der Waals surface area contributed by atoms with Crippen molar-refractivity contribution in [3.63, 3.8) is 0 Å². The molecule has 0 saturated carbocycles. The summed E-state index contributed by atoms with van der Waals surface area (Å²) >= 11 is 11.7. The number of nitrogens with one attached hydrogen (secondary N) is 1. The minimum atomic E-state index is 0.445. The van der Waals surface area contributed by atoms with Crippen LogP contribution in [0.5, 0.6) is 0 Å². The zero-order valence-electron chi connectivity index (χ0n) is 7.50. The molecular formula is C10H6Cl2N2O. The molecule has 0 aliphatic carbocycles. The average Bonchev–Trinajstić information content (AvgIpc) is 2.70. The zero-order chi connectivity index (χ0) is 10.8. The summed E-state index contributed by atoms with van der Waals surface area (Å²) in [5.41, 5.74) is 1.92. The number of aromatic nitrogens is 2. The van der Waals surface area contributed by atoms with Crippen LogP contribution in [-0.4, -0.2) is 16.5 Å². The van der Waals surface area contributed by atoms with Crippen LogP contribution in [0.15, 0.2) is 24.4 Å². The van der Waals surface area contributed by atoms with E-state index in [1.54, 1.807) is 18.2 Å². The summed E-state index contributed by atoms with van der Waals surface area (Å²) in [6.45, 7) is 0. The molecule has 0 atom stereocenters. The van der Waals surface area contributed by atoms with Crippen LogP contribution in [0.2, 0.25) is 10.0 Å². The lowest BCUT2D eigenvalue weighted by Gasteiger charge is -2.01. The molecule has 1 N–H and O–H groups in total. The topological polar surface area (TPSA) is 45.8 Å². The fraction of sp³-hybridized carbons (Fsp3) is 0. The Morgan fingerprint density at radius 1 is 1.27 bits per heavy atom. The van der Waals surface area contributed by atoms with Crippen molar-refractivity contribution in [2.45, 2.75) is 0 Å². The van der Waals surface area contributed by atoms with Crippen LogP contribution in [0.1, 0.15) is 10.4 Å². The number of hydrogen-bond donors (Lipinski definition) is 1. The zero-order valence-corrected chi connectivity index (χ0v) is 9.01. The molecule has 0 amide bonds. The van der Waals surface area contributed by atoms with Gasteiger partial charge in [0.25, 0.3) is 0 Å². The monoisotopic (exact) mass is 240 g/mol. The van der Waals surface area contributed by atoms with Gasteiger partial charge in [-0.15, -0.1) is 0 Å². The predicted molar refractivity (Wildman–Crippen MR) is 59.4 cm³/mol. The van der Waals surface area contributed by atoms with Crippen molar-refractivity contribution in [1.29, 1.82) is 0 Å². The van der Waals surface area contributed by atoms with Crippen molar-refractivity contribution >= 4 is 29.5 Å². The molecule has 0 spiro atoms. The van der Waals surface area contributed by atoms with Crippen molar-refractivity contribution in [3.8, 4) is 11.3 Å². The first-order chi connectivity index (χ1) is 7.22. The van der Waals surface area contributed by atoms with E-state index in [4.69, 9.17) is 23.2 Å². The number of aldehydes is 1. The van der Waals surface area contributed by atoms with E-state index < -0.39 is 0 Å². The standard InChI is InChI=1S/C10H6Cl2N2O/c11-8-2-1-6(3-9(8)12)10-7(5-15)4-13-14-10/h1-5H,(H,13,14). The fourth-order valence-electron chi connectivity index (χ4n) is 1.27. The third-order valence-corrected chi connectivity index (χ3v) is 2.74. The van der Waals surface area contributed by atoms with Gasteiger partial charge in [-0.2, -0.15) is 5.10 Å². The smallest absolute Gasteiger partial charge is 0.153 e. The molecule has 0 fully saturated rings. The maximum atomic E-state index is 10.7. The van der Waals surface area contributed by atoms with E-state index >= 15 is 0 Å². The van der Waals surface area contributed by atoms with E-state index in [0.717, 1.165) is 11.8 Å². The Balaban J connectivity index is 2.54. The lowest BCUT2D eigenvalue weighted by Crippen LogP contribution is -1.84. The van der Waals surface area contributed by atoms with Gasteiger partial charge in [0.1, 0.15) is 0 Å². The number of hydrogen-bond acceptors (Lipinski definition) is 2. The third kappa shape index (κ3) is 1.89. The lowest BCUT2D eigenvalue weighted by molar-refractivity contribution is 0.112. The third-order valence-electron chi connectivity index (χ3n) is 2.00. The normalized spacial score (nSPS) is 10.3. The SMILES string of the molecule is O=Cc1cn[nH]c1-c1ccc(Cl)c(Cl)c1. The Bertz CT molecular complexity index is 508. The Kier molecular flexibility index (Phi) is 2.75. The minimum absolute atomic E-state index is 0.445. The molecule has 76 valence electrons. The van der Waals surface area contributed by atoms with Crippen molar-refractivity contribution in [2.24, 2.45) is 0 Å². The number of carbonyl (C=O) groups excluding carboxylic acids is 1. The van der Waals surface area contributed by atoms with E-state index in [2.05, 4.69) is 10.2 Å². The summed E-state index contributed by atoms with van der Waals surface area (Å²) in [5.74, 6) is 0. The molecule has 0 bridgehead atoms. The van der Waals surface area contributed by atoms with Gasteiger partial charge in [-0.25, -0.2) is 0 Å². The van der Waals surface area contributed by atoms with Crippen LogP contribution in [0.3, 0.4) is 0 Å².